The van der Waals surface area contributed by atoms with Crippen molar-refractivity contribution in [1.82, 2.24) is 9.21 Å². The molecule has 1 saturated heterocycles. The van der Waals surface area contributed by atoms with E-state index >= 15 is 0 Å². The Bertz CT molecular complexity index is 721. The fraction of sp³-hybridized carbons (Fsp3) is 0.533. The molecule has 0 N–H and O–H groups in total. The van der Waals surface area contributed by atoms with Crippen molar-refractivity contribution >= 4 is 15.7 Å². The first kappa shape index (κ1) is 18.3. The molecule has 0 aromatic heterocycles. The van der Waals surface area contributed by atoms with Crippen LogP contribution in [0.1, 0.15) is 19.3 Å². The van der Waals surface area contributed by atoms with Crippen molar-refractivity contribution in [3.63, 3.8) is 0 Å². The maximum atomic E-state index is 12.7. The van der Waals surface area contributed by atoms with Crippen LogP contribution in [0.2, 0.25) is 0 Å². The first-order chi connectivity index (χ1) is 11.5. The van der Waals surface area contributed by atoms with Crippen molar-refractivity contribution in [2.45, 2.75) is 24.2 Å². The molecule has 0 radical (unpaired) electrons. The molecule has 2 rings (SSSR count). The predicted octanol–water partition coefficient (Wildman–Crippen LogP) is 1.59. The fourth-order valence-electron chi connectivity index (χ4n) is 2.70. The average Bonchev–Trinajstić information content (AvgIpc) is 2.59. The summed E-state index contributed by atoms with van der Waals surface area (Å²) in [6.07, 6.45) is 2.28. The van der Waals surface area contributed by atoms with E-state index in [2.05, 4.69) is 11.0 Å². The molecule has 0 saturated carbocycles. The third-order valence-corrected chi connectivity index (χ3v) is 5.97. The van der Waals surface area contributed by atoms with Crippen LogP contribution in [0.25, 0.3) is 0 Å². The van der Waals surface area contributed by atoms with Gasteiger partial charge in [0.15, 0.2) is 4.90 Å². The predicted molar refractivity (Wildman–Crippen MR) is 87.8 cm³/mol. The van der Waals surface area contributed by atoms with Crippen molar-refractivity contribution < 1.29 is 13.3 Å². The van der Waals surface area contributed by atoms with Crippen molar-refractivity contribution in [1.29, 1.82) is 5.26 Å². The molecule has 1 heterocycles. The Morgan fingerprint density at radius 3 is 2.46 bits per heavy atom. The molecule has 1 fully saturated rings. The molecular formula is C15H20N4O4S. The number of nitro benzene ring substituents is 1. The maximum absolute atomic E-state index is 12.7. The number of nitro groups is 1. The number of unbranched alkanes of at least 4 members (excludes halogenated alkanes) is 2. The van der Waals surface area contributed by atoms with E-state index < -0.39 is 20.6 Å². The molecule has 1 aromatic carbocycles. The third kappa shape index (κ3) is 4.29. The van der Waals surface area contributed by atoms with Crippen LogP contribution in [0.15, 0.2) is 29.2 Å². The van der Waals surface area contributed by atoms with E-state index in [9.17, 15) is 18.5 Å². The number of para-hydroxylation sites is 1. The largest absolute Gasteiger partial charge is 0.301 e. The second kappa shape index (κ2) is 8.19. The maximum Gasteiger partial charge on any atom is 0.289 e. The summed E-state index contributed by atoms with van der Waals surface area (Å²) in [4.78, 5) is 12.3. The molecular weight excluding hydrogens is 332 g/mol. The number of nitriles is 1. The van der Waals surface area contributed by atoms with Crippen LogP contribution in [-0.2, 0) is 10.0 Å². The summed E-state index contributed by atoms with van der Waals surface area (Å²) in [5.41, 5.74) is -0.392. The number of sulfonamides is 1. The van der Waals surface area contributed by atoms with Gasteiger partial charge in [-0.15, -0.1) is 0 Å². The highest BCUT2D eigenvalue weighted by Gasteiger charge is 2.33. The van der Waals surface area contributed by atoms with Gasteiger partial charge in [0.2, 0.25) is 10.0 Å². The zero-order valence-electron chi connectivity index (χ0n) is 13.3. The molecule has 0 bridgehead atoms. The highest BCUT2D eigenvalue weighted by Crippen LogP contribution is 2.26. The normalized spacial score (nSPS) is 16.6. The molecule has 1 aromatic rings. The van der Waals surface area contributed by atoms with Gasteiger partial charge in [0.25, 0.3) is 5.69 Å². The molecule has 8 nitrogen and oxygen atoms in total. The highest BCUT2D eigenvalue weighted by atomic mass is 32.2. The summed E-state index contributed by atoms with van der Waals surface area (Å²) in [5, 5.41) is 19.6. The first-order valence-electron chi connectivity index (χ1n) is 7.79. The van der Waals surface area contributed by atoms with Gasteiger partial charge in [0.05, 0.1) is 11.0 Å². The van der Waals surface area contributed by atoms with Gasteiger partial charge in [-0.3, -0.25) is 10.1 Å². The molecule has 0 spiro atoms. The van der Waals surface area contributed by atoms with Gasteiger partial charge in [-0.05, 0) is 25.5 Å². The third-order valence-electron chi connectivity index (χ3n) is 4.02. The smallest absolute Gasteiger partial charge is 0.289 e. The lowest BCUT2D eigenvalue weighted by Crippen LogP contribution is -2.48. The lowest BCUT2D eigenvalue weighted by Gasteiger charge is -2.33. The number of hydrogen-bond donors (Lipinski definition) is 0. The summed E-state index contributed by atoms with van der Waals surface area (Å²) in [7, 11) is -3.87. The summed E-state index contributed by atoms with van der Waals surface area (Å²) < 4.78 is 26.7. The minimum atomic E-state index is -3.87. The average molecular weight is 352 g/mol. The van der Waals surface area contributed by atoms with E-state index in [0.717, 1.165) is 19.4 Å². The Labute approximate surface area is 141 Å². The summed E-state index contributed by atoms with van der Waals surface area (Å²) in [6.45, 7) is 2.64. The topological polar surface area (TPSA) is 108 Å². The van der Waals surface area contributed by atoms with E-state index in [4.69, 9.17) is 5.26 Å². The van der Waals surface area contributed by atoms with Gasteiger partial charge in [0.1, 0.15) is 0 Å². The van der Waals surface area contributed by atoms with Crippen molar-refractivity contribution in [3.8, 4) is 6.07 Å². The summed E-state index contributed by atoms with van der Waals surface area (Å²) in [5.74, 6) is 0. The highest BCUT2D eigenvalue weighted by molar-refractivity contribution is 7.89. The molecule has 0 aliphatic carbocycles. The van der Waals surface area contributed by atoms with E-state index in [1.165, 1.54) is 28.6 Å². The van der Waals surface area contributed by atoms with Crippen LogP contribution >= 0.6 is 0 Å². The fourth-order valence-corrected chi connectivity index (χ4v) is 4.28. The molecule has 9 heteroatoms. The summed E-state index contributed by atoms with van der Waals surface area (Å²) in [6, 6.07) is 7.54. The van der Waals surface area contributed by atoms with Crippen molar-refractivity contribution in [2.24, 2.45) is 0 Å². The zero-order chi connectivity index (χ0) is 17.6. The summed E-state index contributed by atoms with van der Waals surface area (Å²) >= 11 is 0. The molecule has 24 heavy (non-hydrogen) atoms. The minimum absolute atomic E-state index is 0.252. The Kier molecular flexibility index (Phi) is 6.25. The molecule has 0 amide bonds. The van der Waals surface area contributed by atoms with Crippen molar-refractivity contribution in [2.75, 3.05) is 32.7 Å². The van der Waals surface area contributed by atoms with Crippen molar-refractivity contribution in [3.05, 3.63) is 34.4 Å². The molecule has 1 aliphatic rings. The van der Waals surface area contributed by atoms with Crippen LogP contribution in [0, 0.1) is 21.4 Å². The van der Waals surface area contributed by atoms with Gasteiger partial charge < -0.3 is 4.90 Å². The SMILES string of the molecule is N#CCCCCN1CCN(S(=O)(=O)c2ccccc2[N+](=O)[O-])CC1. The van der Waals surface area contributed by atoms with Gasteiger partial charge >= 0.3 is 0 Å². The quantitative estimate of drug-likeness (QED) is 0.419. The van der Waals surface area contributed by atoms with Crippen LogP contribution < -0.4 is 0 Å². The Hall–Kier alpha value is -2.02. The number of benzene rings is 1. The molecule has 0 unspecified atom stereocenters. The Morgan fingerprint density at radius 2 is 1.83 bits per heavy atom. The van der Waals surface area contributed by atoms with Crippen LogP contribution in [-0.4, -0.2) is 55.3 Å². The molecule has 130 valence electrons. The second-order valence-electron chi connectivity index (χ2n) is 5.59. The Morgan fingerprint density at radius 1 is 1.17 bits per heavy atom. The van der Waals surface area contributed by atoms with Crippen LogP contribution in [0.5, 0.6) is 0 Å². The lowest BCUT2D eigenvalue weighted by molar-refractivity contribution is -0.387. The van der Waals surface area contributed by atoms with Gasteiger partial charge in [-0.1, -0.05) is 12.1 Å². The number of nitrogens with zero attached hydrogens (tertiary/aromatic N) is 4. The number of piperazine rings is 1. The first-order valence-corrected chi connectivity index (χ1v) is 9.23. The minimum Gasteiger partial charge on any atom is -0.301 e. The van der Waals surface area contributed by atoms with Gasteiger partial charge in [0, 0.05) is 38.7 Å². The number of rotatable bonds is 7. The zero-order valence-corrected chi connectivity index (χ0v) is 14.1. The number of hydrogen-bond acceptors (Lipinski definition) is 6. The Balaban J connectivity index is 2.01. The molecule has 0 atom stereocenters. The lowest BCUT2D eigenvalue weighted by atomic mass is 10.2. The van der Waals surface area contributed by atoms with Crippen LogP contribution in [0.4, 0.5) is 5.69 Å². The van der Waals surface area contributed by atoms with E-state index in [-0.39, 0.29) is 4.90 Å². The molecule has 1 aliphatic heterocycles. The van der Waals surface area contributed by atoms with Crippen LogP contribution in [0.3, 0.4) is 0 Å². The van der Waals surface area contributed by atoms with Gasteiger partial charge in [-0.25, -0.2) is 8.42 Å². The monoisotopic (exact) mass is 352 g/mol. The second-order valence-corrected chi connectivity index (χ2v) is 7.49. The van der Waals surface area contributed by atoms with E-state index in [1.54, 1.807) is 0 Å². The van der Waals surface area contributed by atoms with Gasteiger partial charge in [-0.2, -0.15) is 9.57 Å². The van der Waals surface area contributed by atoms with E-state index in [1.807, 2.05) is 0 Å². The van der Waals surface area contributed by atoms with E-state index in [0.29, 0.717) is 32.6 Å². The standard InChI is InChI=1S/C15H20N4O4S/c16-8-4-1-5-9-17-10-12-18(13-11-17)24(22,23)15-7-3-2-6-14(15)19(20)21/h2-3,6-7H,1,4-5,9-13H2.